The molecule has 0 heterocycles. The zero-order valence-corrected chi connectivity index (χ0v) is 23.5. The number of halogens is 1. The predicted octanol–water partition coefficient (Wildman–Crippen LogP) is 9.28. The highest BCUT2D eigenvalue weighted by Gasteiger charge is 2.31. The van der Waals surface area contributed by atoms with Crippen LogP contribution in [0.5, 0.6) is 0 Å². The SMILES string of the molecule is C=CC(=O)NC1CCC(CCc2ccc(C3CCC(C4CCC(CCCCC)CC4)CC3)cc2F)CC1. The third-order valence-corrected chi connectivity index (χ3v) is 10.3. The van der Waals surface area contributed by atoms with Crippen molar-refractivity contribution in [2.45, 2.75) is 134 Å². The van der Waals surface area contributed by atoms with Crippen LogP contribution in [0.1, 0.15) is 133 Å². The second-order valence-electron chi connectivity index (χ2n) is 12.7. The molecule has 206 valence electrons. The minimum Gasteiger partial charge on any atom is -0.350 e. The molecule has 0 saturated heterocycles. The molecule has 3 aliphatic carbocycles. The Morgan fingerprint density at radius 2 is 1.51 bits per heavy atom. The Morgan fingerprint density at radius 3 is 2.14 bits per heavy atom. The van der Waals surface area contributed by atoms with Gasteiger partial charge in [-0.15, -0.1) is 0 Å². The van der Waals surface area contributed by atoms with Crippen LogP contribution >= 0.6 is 0 Å². The summed E-state index contributed by atoms with van der Waals surface area (Å²) in [5.74, 6) is 3.99. The number of rotatable bonds is 11. The van der Waals surface area contributed by atoms with Crippen LogP contribution in [0.2, 0.25) is 0 Å². The van der Waals surface area contributed by atoms with E-state index < -0.39 is 0 Å². The monoisotopic (exact) mass is 509 g/mol. The number of unbranched alkanes of at least 4 members (excludes halogenated alkanes) is 2. The summed E-state index contributed by atoms with van der Waals surface area (Å²) < 4.78 is 15.1. The molecular formula is C34H52FNO. The highest BCUT2D eigenvalue weighted by Crippen LogP contribution is 2.44. The molecule has 3 fully saturated rings. The summed E-state index contributed by atoms with van der Waals surface area (Å²) in [7, 11) is 0. The van der Waals surface area contributed by atoms with Crippen LogP contribution in [-0.4, -0.2) is 11.9 Å². The van der Waals surface area contributed by atoms with Crippen molar-refractivity contribution in [2.24, 2.45) is 23.7 Å². The zero-order valence-electron chi connectivity index (χ0n) is 23.5. The highest BCUT2D eigenvalue weighted by molar-refractivity contribution is 5.87. The number of carbonyl (C=O) groups is 1. The quantitative estimate of drug-likeness (QED) is 0.234. The van der Waals surface area contributed by atoms with Gasteiger partial charge in [0.05, 0.1) is 0 Å². The van der Waals surface area contributed by atoms with Gasteiger partial charge in [-0.1, -0.05) is 64.2 Å². The van der Waals surface area contributed by atoms with Gasteiger partial charge in [0, 0.05) is 6.04 Å². The molecule has 0 aromatic heterocycles. The summed E-state index contributed by atoms with van der Waals surface area (Å²) >= 11 is 0. The maximum atomic E-state index is 15.1. The van der Waals surface area contributed by atoms with Gasteiger partial charge in [-0.2, -0.15) is 0 Å². The standard InChI is InChI=1S/C34H52FNO/c1-3-5-6-7-25-8-13-27(14-9-25)28-16-18-29(19-17-28)31-21-20-30(33(35)24-31)15-10-26-11-22-32(23-12-26)36-34(37)4-2/h4,20-21,24-29,32H,2-3,5-19,22-23H2,1H3,(H,36,37). The second-order valence-corrected chi connectivity index (χ2v) is 12.7. The van der Waals surface area contributed by atoms with Crippen molar-refractivity contribution in [1.82, 2.24) is 5.32 Å². The minimum absolute atomic E-state index is 0.00736. The molecule has 3 saturated carbocycles. The van der Waals surface area contributed by atoms with E-state index in [0.717, 1.165) is 61.8 Å². The van der Waals surface area contributed by atoms with E-state index in [-0.39, 0.29) is 17.8 Å². The summed E-state index contributed by atoms with van der Waals surface area (Å²) in [6, 6.07) is 6.45. The van der Waals surface area contributed by atoms with E-state index >= 15 is 4.39 Å². The summed E-state index contributed by atoms with van der Waals surface area (Å²) in [6.45, 7) is 5.84. The molecule has 0 radical (unpaired) electrons. The number of benzene rings is 1. The first-order chi connectivity index (χ1) is 18.1. The second kappa shape index (κ2) is 14.5. The molecule has 0 atom stereocenters. The average Bonchev–Trinajstić information content (AvgIpc) is 2.94. The van der Waals surface area contributed by atoms with Crippen LogP contribution in [0.4, 0.5) is 4.39 Å². The molecule has 3 aliphatic rings. The van der Waals surface area contributed by atoms with Gasteiger partial charge in [-0.05, 0) is 130 Å². The van der Waals surface area contributed by atoms with E-state index in [2.05, 4.69) is 31.0 Å². The van der Waals surface area contributed by atoms with E-state index in [1.807, 2.05) is 6.07 Å². The molecule has 4 rings (SSSR count). The Labute approximate surface area is 226 Å². The van der Waals surface area contributed by atoms with Crippen molar-refractivity contribution in [3.05, 3.63) is 47.8 Å². The van der Waals surface area contributed by atoms with Gasteiger partial charge >= 0.3 is 0 Å². The van der Waals surface area contributed by atoms with Gasteiger partial charge in [0.25, 0.3) is 0 Å². The van der Waals surface area contributed by atoms with E-state index in [4.69, 9.17) is 0 Å². The molecule has 37 heavy (non-hydrogen) atoms. The molecule has 1 amide bonds. The van der Waals surface area contributed by atoms with E-state index in [9.17, 15) is 4.79 Å². The van der Waals surface area contributed by atoms with Crippen LogP contribution < -0.4 is 5.32 Å². The van der Waals surface area contributed by atoms with Crippen LogP contribution in [0.3, 0.4) is 0 Å². The molecule has 0 spiro atoms. The smallest absolute Gasteiger partial charge is 0.243 e. The van der Waals surface area contributed by atoms with Crippen LogP contribution in [-0.2, 0) is 11.2 Å². The maximum absolute atomic E-state index is 15.1. The first-order valence-electron chi connectivity index (χ1n) is 15.8. The topological polar surface area (TPSA) is 29.1 Å². The molecular weight excluding hydrogens is 457 g/mol. The Balaban J connectivity index is 1.17. The number of aryl methyl sites for hydroxylation is 1. The number of amides is 1. The lowest BCUT2D eigenvalue weighted by atomic mass is 9.68. The summed E-state index contributed by atoms with van der Waals surface area (Å²) in [6.07, 6.45) is 24.2. The van der Waals surface area contributed by atoms with E-state index in [1.54, 1.807) is 0 Å². The van der Waals surface area contributed by atoms with E-state index in [1.165, 1.54) is 88.7 Å². The third kappa shape index (κ3) is 8.42. The summed E-state index contributed by atoms with van der Waals surface area (Å²) in [5.41, 5.74) is 2.12. The van der Waals surface area contributed by atoms with Crippen LogP contribution in [0, 0.1) is 29.5 Å². The van der Waals surface area contributed by atoms with Gasteiger partial charge in [-0.3, -0.25) is 4.79 Å². The summed E-state index contributed by atoms with van der Waals surface area (Å²) in [5, 5.41) is 3.02. The van der Waals surface area contributed by atoms with Crippen LogP contribution in [0.15, 0.2) is 30.9 Å². The lowest BCUT2D eigenvalue weighted by Crippen LogP contribution is -2.36. The normalized spacial score (nSPS) is 30.5. The van der Waals surface area contributed by atoms with E-state index in [0.29, 0.717) is 11.8 Å². The van der Waals surface area contributed by atoms with Gasteiger partial charge in [0.2, 0.25) is 5.91 Å². The van der Waals surface area contributed by atoms with Crippen LogP contribution in [0.25, 0.3) is 0 Å². The number of hydrogen-bond acceptors (Lipinski definition) is 1. The first kappa shape index (κ1) is 28.4. The predicted molar refractivity (Wildman–Crippen MR) is 153 cm³/mol. The van der Waals surface area contributed by atoms with Crippen molar-refractivity contribution in [2.75, 3.05) is 0 Å². The number of carbonyl (C=O) groups excluding carboxylic acids is 1. The average molecular weight is 510 g/mol. The van der Waals surface area contributed by atoms with Crippen molar-refractivity contribution in [3.63, 3.8) is 0 Å². The molecule has 0 aliphatic heterocycles. The third-order valence-electron chi connectivity index (χ3n) is 10.3. The molecule has 3 heteroatoms. The first-order valence-corrected chi connectivity index (χ1v) is 15.8. The van der Waals surface area contributed by atoms with Crippen molar-refractivity contribution >= 4 is 5.91 Å². The lowest BCUT2D eigenvalue weighted by molar-refractivity contribution is -0.117. The highest BCUT2D eigenvalue weighted by atomic mass is 19.1. The van der Waals surface area contributed by atoms with Gasteiger partial charge < -0.3 is 5.32 Å². The fraction of sp³-hybridized carbons (Fsp3) is 0.735. The molecule has 2 nitrogen and oxygen atoms in total. The minimum atomic E-state index is -0.0700. The molecule has 0 unspecified atom stereocenters. The Bertz CT molecular complexity index is 841. The fourth-order valence-corrected chi connectivity index (χ4v) is 7.79. The van der Waals surface area contributed by atoms with Gasteiger partial charge in [0.15, 0.2) is 0 Å². The Morgan fingerprint density at radius 1 is 0.892 bits per heavy atom. The number of hydrogen-bond donors (Lipinski definition) is 1. The maximum Gasteiger partial charge on any atom is 0.243 e. The zero-order chi connectivity index (χ0) is 26.0. The molecule has 1 N–H and O–H groups in total. The number of nitrogens with one attached hydrogen (secondary N) is 1. The van der Waals surface area contributed by atoms with Crippen molar-refractivity contribution < 1.29 is 9.18 Å². The van der Waals surface area contributed by atoms with Gasteiger partial charge in [0.1, 0.15) is 5.82 Å². The van der Waals surface area contributed by atoms with Crippen molar-refractivity contribution in [3.8, 4) is 0 Å². The van der Waals surface area contributed by atoms with Crippen molar-refractivity contribution in [1.29, 1.82) is 0 Å². The Hall–Kier alpha value is -1.64. The molecule has 0 bridgehead atoms. The van der Waals surface area contributed by atoms with Gasteiger partial charge in [-0.25, -0.2) is 4.39 Å². The largest absolute Gasteiger partial charge is 0.350 e. The fourth-order valence-electron chi connectivity index (χ4n) is 7.79. The lowest BCUT2D eigenvalue weighted by Gasteiger charge is -2.38. The Kier molecular flexibility index (Phi) is 11.1. The summed E-state index contributed by atoms with van der Waals surface area (Å²) in [4.78, 5) is 11.5. The molecule has 1 aromatic carbocycles. The molecule has 1 aromatic rings.